The van der Waals surface area contributed by atoms with E-state index in [4.69, 9.17) is 4.74 Å². The molecule has 15 heavy (non-hydrogen) atoms. The Hall–Kier alpha value is -0.870. The second-order valence-electron chi connectivity index (χ2n) is 4.04. The van der Waals surface area contributed by atoms with E-state index in [1.165, 1.54) is 12.1 Å². The lowest BCUT2D eigenvalue weighted by Crippen LogP contribution is -2.14. The molecule has 0 aliphatic carbocycles. The molecule has 0 spiro atoms. The molecule has 1 fully saturated rings. The lowest BCUT2D eigenvalue weighted by molar-refractivity contribution is 0.0883. The third-order valence-electron chi connectivity index (χ3n) is 2.91. The van der Waals surface area contributed by atoms with Gasteiger partial charge in [0.2, 0.25) is 0 Å². The van der Waals surface area contributed by atoms with E-state index in [1.54, 1.807) is 0 Å². The lowest BCUT2D eigenvalue weighted by Gasteiger charge is -2.10. The highest BCUT2D eigenvalue weighted by atomic mass is 16.5. The van der Waals surface area contributed by atoms with Crippen molar-refractivity contribution in [2.75, 3.05) is 19.7 Å². The van der Waals surface area contributed by atoms with E-state index in [-0.39, 0.29) is 0 Å². The summed E-state index contributed by atoms with van der Waals surface area (Å²) >= 11 is 0. The average molecular weight is 209 g/mol. The zero-order valence-electron chi connectivity index (χ0n) is 9.28. The predicted molar refractivity (Wildman–Crippen MR) is 58.5 cm³/mol. The first-order chi connectivity index (χ1) is 7.40. The van der Waals surface area contributed by atoms with Gasteiger partial charge in [-0.1, -0.05) is 0 Å². The first-order valence-corrected chi connectivity index (χ1v) is 5.67. The van der Waals surface area contributed by atoms with Crippen LogP contribution in [-0.2, 0) is 17.9 Å². The minimum Gasteiger partial charge on any atom is -0.375 e. The number of imidazole rings is 1. The normalized spacial score (nSPS) is 21.0. The Bertz CT molecular complexity index is 292. The molecule has 84 valence electrons. The fraction of sp³-hybridized carbons (Fsp3) is 0.727. The maximum Gasteiger partial charge on any atom is 0.0948 e. The van der Waals surface area contributed by atoms with Gasteiger partial charge in [-0.15, -0.1) is 0 Å². The monoisotopic (exact) mass is 209 g/mol. The minimum absolute atomic E-state index is 0.685. The number of aromatic nitrogens is 2. The topological polar surface area (TPSA) is 39.1 Å². The molecule has 1 aromatic heterocycles. The minimum atomic E-state index is 0.685. The van der Waals surface area contributed by atoms with E-state index in [0.29, 0.717) is 12.5 Å². The molecule has 0 aromatic carbocycles. The summed E-state index contributed by atoms with van der Waals surface area (Å²) in [5.74, 6) is 0.697. The summed E-state index contributed by atoms with van der Waals surface area (Å²) in [6, 6.07) is 0. The summed E-state index contributed by atoms with van der Waals surface area (Å²) in [6.45, 7) is 6.87. The van der Waals surface area contributed by atoms with Crippen LogP contribution in [0.1, 0.15) is 19.0 Å². The summed E-state index contributed by atoms with van der Waals surface area (Å²) < 4.78 is 7.82. The number of aryl methyl sites for hydroxylation is 1. The van der Waals surface area contributed by atoms with Crippen molar-refractivity contribution in [3.8, 4) is 0 Å². The van der Waals surface area contributed by atoms with E-state index < -0.39 is 0 Å². The molecule has 2 rings (SSSR count). The summed E-state index contributed by atoms with van der Waals surface area (Å²) in [7, 11) is 0. The second-order valence-corrected chi connectivity index (χ2v) is 4.04. The van der Waals surface area contributed by atoms with E-state index in [9.17, 15) is 0 Å². The van der Waals surface area contributed by atoms with Crippen LogP contribution in [0.2, 0.25) is 0 Å². The van der Waals surface area contributed by atoms with Crippen molar-refractivity contribution in [3.63, 3.8) is 0 Å². The van der Waals surface area contributed by atoms with Crippen molar-refractivity contribution >= 4 is 0 Å². The van der Waals surface area contributed by atoms with Crippen molar-refractivity contribution < 1.29 is 4.74 Å². The molecule has 1 aromatic rings. The lowest BCUT2D eigenvalue weighted by atomic mass is 10.1. The quantitative estimate of drug-likeness (QED) is 0.787. The third-order valence-corrected chi connectivity index (χ3v) is 2.91. The van der Waals surface area contributed by atoms with Crippen LogP contribution in [0.4, 0.5) is 0 Å². The third kappa shape index (κ3) is 2.79. The average Bonchev–Trinajstić information content (AvgIpc) is 2.88. The van der Waals surface area contributed by atoms with Gasteiger partial charge >= 0.3 is 0 Å². The first-order valence-electron chi connectivity index (χ1n) is 5.67. The van der Waals surface area contributed by atoms with Crippen LogP contribution in [0.15, 0.2) is 12.5 Å². The summed E-state index contributed by atoms with van der Waals surface area (Å²) in [5.41, 5.74) is 1.17. The van der Waals surface area contributed by atoms with Crippen LogP contribution in [-0.4, -0.2) is 29.2 Å². The van der Waals surface area contributed by atoms with Gasteiger partial charge in [-0.3, -0.25) is 0 Å². The predicted octanol–water partition coefficient (Wildman–Crippen LogP) is 1.03. The number of nitrogens with zero attached hydrogens (tertiary/aromatic N) is 2. The molecule has 2 heterocycles. The van der Waals surface area contributed by atoms with Gasteiger partial charge in [-0.25, -0.2) is 4.98 Å². The Labute approximate surface area is 90.6 Å². The van der Waals surface area contributed by atoms with Crippen LogP contribution in [0.5, 0.6) is 0 Å². The van der Waals surface area contributed by atoms with Gasteiger partial charge in [0.25, 0.3) is 0 Å². The molecule has 0 bridgehead atoms. The van der Waals surface area contributed by atoms with Crippen LogP contribution in [0.3, 0.4) is 0 Å². The molecule has 0 saturated carbocycles. The standard InChI is InChI=1S/C11H19N3O/c1-2-14-9-13-6-11(14)8-15-7-10-3-4-12-5-10/h6,9-10,12H,2-5,7-8H2,1H3. The van der Waals surface area contributed by atoms with E-state index in [0.717, 1.165) is 26.2 Å². The highest BCUT2D eigenvalue weighted by Gasteiger charge is 2.14. The van der Waals surface area contributed by atoms with E-state index >= 15 is 0 Å². The summed E-state index contributed by atoms with van der Waals surface area (Å²) in [5, 5.41) is 3.34. The molecule has 1 atom stereocenters. The number of rotatable bonds is 5. The Morgan fingerprint density at radius 3 is 3.33 bits per heavy atom. The molecule has 1 aliphatic heterocycles. The first kappa shape index (κ1) is 10.6. The van der Waals surface area contributed by atoms with Crippen LogP contribution < -0.4 is 5.32 Å². The highest BCUT2D eigenvalue weighted by Crippen LogP contribution is 2.09. The van der Waals surface area contributed by atoms with Gasteiger partial charge in [0.15, 0.2) is 0 Å². The zero-order chi connectivity index (χ0) is 10.5. The van der Waals surface area contributed by atoms with Gasteiger partial charge < -0.3 is 14.6 Å². The Morgan fingerprint density at radius 2 is 2.60 bits per heavy atom. The molecule has 1 saturated heterocycles. The van der Waals surface area contributed by atoms with Gasteiger partial charge in [-0.2, -0.15) is 0 Å². The van der Waals surface area contributed by atoms with Gasteiger partial charge in [0.1, 0.15) is 0 Å². The SMILES string of the molecule is CCn1cncc1COCC1CCNC1. The van der Waals surface area contributed by atoms with Gasteiger partial charge in [0.05, 0.1) is 31.4 Å². The molecule has 4 heteroatoms. The largest absolute Gasteiger partial charge is 0.375 e. The maximum absolute atomic E-state index is 5.70. The smallest absolute Gasteiger partial charge is 0.0948 e. The Morgan fingerprint density at radius 1 is 1.67 bits per heavy atom. The van der Waals surface area contributed by atoms with Gasteiger partial charge in [0, 0.05) is 13.1 Å². The summed E-state index contributed by atoms with van der Waals surface area (Å²) in [6.07, 6.45) is 4.99. The summed E-state index contributed by atoms with van der Waals surface area (Å²) in [4.78, 5) is 4.11. The van der Waals surface area contributed by atoms with Gasteiger partial charge in [-0.05, 0) is 25.8 Å². The van der Waals surface area contributed by atoms with Crippen LogP contribution in [0, 0.1) is 5.92 Å². The van der Waals surface area contributed by atoms with Crippen LogP contribution in [0.25, 0.3) is 0 Å². The van der Waals surface area contributed by atoms with Crippen molar-refractivity contribution in [1.29, 1.82) is 0 Å². The molecule has 1 aliphatic rings. The molecule has 0 radical (unpaired) electrons. The van der Waals surface area contributed by atoms with Crippen molar-refractivity contribution in [3.05, 3.63) is 18.2 Å². The number of nitrogens with one attached hydrogen (secondary N) is 1. The van der Waals surface area contributed by atoms with E-state index in [1.807, 2.05) is 12.5 Å². The fourth-order valence-corrected chi connectivity index (χ4v) is 1.94. The van der Waals surface area contributed by atoms with E-state index in [2.05, 4.69) is 21.8 Å². The molecule has 1 N–H and O–H groups in total. The maximum atomic E-state index is 5.70. The van der Waals surface area contributed by atoms with Crippen molar-refractivity contribution in [2.45, 2.75) is 26.5 Å². The molecular formula is C11H19N3O. The number of hydrogen-bond acceptors (Lipinski definition) is 3. The molecular weight excluding hydrogens is 190 g/mol. The molecule has 4 nitrogen and oxygen atoms in total. The fourth-order valence-electron chi connectivity index (χ4n) is 1.94. The Kier molecular flexibility index (Phi) is 3.75. The van der Waals surface area contributed by atoms with Crippen LogP contribution >= 0.6 is 0 Å². The highest BCUT2D eigenvalue weighted by molar-refractivity contribution is 4.96. The van der Waals surface area contributed by atoms with Crippen molar-refractivity contribution in [1.82, 2.24) is 14.9 Å². The molecule has 1 unspecified atom stereocenters. The zero-order valence-corrected chi connectivity index (χ0v) is 9.28. The number of ether oxygens (including phenoxy) is 1. The van der Waals surface area contributed by atoms with Crippen molar-refractivity contribution in [2.24, 2.45) is 5.92 Å². The molecule has 0 amide bonds. The number of hydrogen-bond donors (Lipinski definition) is 1. The second kappa shape index (κ2) is 5.28. The Balaban J connectivity index is 1.73.